The topological polar surface area (TPSA) is 83.6 Å². The fourth-order valence-corrected chi connectivity index (χ4v) is 2.93. The number of aliphatic carboxylic acids is 1. The second kappa shape index (κ2) is 4.29. The van der Waals surface area contributed by atoms with Gasteiger partial charge in [0.05, 0.1) is 11.8 Å². The minimum atomic E-state index is -0.786. The van der Waals surface area contributed by atoms with Gasteiger partial charge in [-0.15, -0.1) is 0 Å². The largest absolute Gasteiger partial charge is 0.481 e. The van der Waals surface area contributed by atoms with Crippen LogP contribution in [0.25, 0.3) is 0 Å². The monoisotopic (exact) mass is 240 g/mol. The summed E-state index contributed by atoms with van der Waals surface area (Å²) in [6, 6.07) is -0.0477. The summed E-state index contributed by atoms with van der Waals surface area (Å²) >= 11 is 0. The fourth-order valence-electron chi connectivity index (χ4n) is 2.93. The molecule has 5 nitrogen and oxygen atoms in total. The molecule has 2 unspecified atom stereocenters. The van der Waals surface area contributed by atoms with E-state index in [0.717, 1.165) is 19.3 Å². The van der Waals surface area contributed by atoms with E-state index in [-0.39, 0.29) is 24.3 Å². The van der Waals surface area contributed by atoms with Crippen LogP contribution in [0.5, 0.6) is 0 Å². The summed E-state index contributed by atoms with van der Waals surface area (Å²) in [4.78, 5) is 24.6. The van der Waals surface area contributed by atoms with E-state index < -0.39 is 11.4 Å². The quantitative estimate of drug-likeness (QED) is 0.749. The molecule has 1 aliphatic carbocycles. The summed E-state index contributed by atoms with van der Waals surface area (Å²) in [6.45, 7) is 3.10. The van der Waals surface area contributed by atoms with E-state index in [1.54, 1.807) is 4.90 Å². The highest BCUT2D eigenvalue weighted by atomic mass is 16.4. The lowest BCUT2D eigenvalue weighted by Gasteiger charge is -2.43. The SMILES string of the molecule is CC1(C(=O)N2CC(CC(=O)O)C2)CCCC1N. The summed E-state index contributed by atoms with van der Waals surface area (Å²) in [7, 11) is 0. The van der Waals surface area contributed by atoms with Crippen molar-refractivity contribution in [2.45, 2.75) is 38.6 Å². The van der Waals surface area contributed by atoms with Crippen molar-refractivity contribution in [1.29, 1.82) is 0 Å². The Morgan fingerprint density at radius 2 is 2.12 bits per heavy atom. The number of hydrogen-bond acceptors (Lipinski definition) is 3. The molecular formula is C12H20N2O3. The zero-order valence-corrected chi connectivity index (χ0v) is 10.2. The molecule has 0 aromatic heterocycles. The highest BCUT2D eigenvalue weighted by Crippen LogP contribution is 2.40. The highest BCUT2D eigenvalue weighted by Gasteiger charge is 2.47. The molecule has 3 N–H and O–H groups in total. The van der Waals surface area contributed by atoms with Gasteiger partial charge >= 0.3 is 5.97 Å². The number of carboxylic acids is 1. The minimum Gasteiger partial charge on any atom is -0.481 e. The average Bonchev–Trinajstić information content (AvgIpc) is 2.52. The van der Waals surface area contributed by atoms with Gasteiger partial charge in [-0.1, -0.05) is 6.42 Å². The van der Waals surface area contributed by atoms with Gasteiger partial charge in [-0.2, -0.15) is 0 Å². The van der Waals surface area contributed by atoms with Gasteiger partial charge in [0.15, 0.2) is 0 Å². The van der Waals surface area contributed by atoms with Crippen molar-refractivity contribution < 1.29 is 14.7 Å². The van der Waals surface area contributed by atoms with E-state index in [0.29, 0.717) is 13.1 Å². The van der Waals surface area contributed by atoms with Gasteiger partial charge < -0.3 is 15.7 Å². The normalized spacial score (nSPS) is 33.5. The first-order valence-electron chi connectivity index (χ1n) is 6.20. The van der Waals surface area contributed by atoms with E-state index in [4.69, 9.17) is 10.8 Å². The molecule has 0 aromatic carbocycles. The van der Waals surface area contributed by atoms with Crippen molar-refractivity contribution in [3.63, 3.8) is 0 Å². The van der Waals surface area contributed by atoms with Gasteiger partial charge in [0.2, 0.25) is 5.91 Å². The molecular weight excluding hydrogens is 220 g/mol. The van der Waals surface area contributed by atoms with Gasteiger partial charge in [0.1, 0.15) is 0 Å². The third kappa shape index (κ3) is 2.16. The van der Waals surface area contributed by atoms with Gasteiger partial charge in [-0.25, -0.2) is 0 Å². The maximum atomic E-state index is 12.3. The van der Waals surface area contributed by atoms with Gasteiger partial charge in [-0.05, 0) is 19.8 Å². The van der Waals surface area contributed by atoms with Crippen molar-refractivity contribution in [3.8, 4) is 0 Å². The average molecular weight is 240 g/mol. The molecule has 0 bridgehead atoms. The molecule has 2 rings (SSSR count). The van der Waals surface area contributed by atoms with Crippen LogP contribution in [0.2, 0.25) is 0 Å². The zero-order valence-electron chi connectivity index (χ0n) is 10.2. The molecule has 17 heavy (non-hydrogen) atoms. The van der Waals surface area contributed by atoms with Crippen LogP contribution in [0.4, 0.5) is 0 Å². The Morgan fingerprint density at radius 1 is 1.47 bits per heavy atom. The molecule has 2 aliphatic rings. The van der Waals surface area contributed by atoms with E-state index in [9.17, 15) is 9.59 Å². The Hall–Kier alpha value is -1.10. The van der Waals surface area contributed by atoms with Crippen LogP contribution in [0.3, 0.4) is 0 Å². The van der Waals surface area contributed by atoms with Gasteiger partial charge in [-0.3, -0.25) is 9.59 Å². The lowest BCUT2D eigenvalue weighted by Crippen LogP contribution is -2.57. The smallest absolute Gasteiger partial charge is 0.303 e. The zero-order chi connectivity index (χ0) is 12.6. The van der Waals surface area contributed by atoms with Crippen molar-refractivity contribution in [3.05, 3.63) is 0 Å². The first kappa shape index (κ1) is 12.4. The molecule has 0 aromatic rings. The molecule has 1 aliphatic heterocycles. The number of carboxylic acid groups (broad SMARTS) is 1. The Bertz CT molecular complexity index is 339. The van der Waals surface area contributed by atoms with Crippen molar-refractivity contribution in [2.24, 2.45) is 17.1 Å². The summed E-state index contributed by atoms with van der Waals surface area (Å²) in [5.74, 6) is -0.548. The predicted molar refractivity (Wildman–Crippen MR) is 62.3 cm³/mol. The third-order valence-corrected chi connectivity index (χ3v) is 4.23. The van der Waals surface area contributed by atoms with E-state index in [2.05, 4.69) is 0 Å². The summed E-state index contributed by atoms with van der Waals surface area (Å²) in [6.07, 6.45) is 2.93. The molecule has 2 fully saturated rings. The Kier molecular flexibility index (Phi) is 3.12. The maximum absolute atomic E-state index is 12.3. The lowest BCUT2D eigenvalue weighted by molar-refractivity contribution is -0.152. The molecule has 1 saturated carbocycles. The number of carbonyl (C=O) groups excluding carboxylic acids is 1. The number of nitrogens with two attached hydrogens (primary N) is 1. The van der Waals surface area contributed by atoms with E-state index in [1.807, 2.05) is 6.92 Å². The predicted octanol–water partition coefficient (Wildman–Crippen LogP) is 0.437. The fraction of sp³-hybridized carbons (Fsp3) is 0.833. The molecule has 1 heterocycles. The molecule has 96 valence electrons. The van der Waals surface area contributed by atoms with E-state index >= 15 is 0 Å². The van der Waals surface area contributed by atoms with Crippen LogP contribution in [0.15, 0.2) is 0 Å². The summed E-state index contributed by atoms with van der Waals surface area (Å²) < 4.78 is 0. The number of carbonyl (C=O) groups is 2. The van der Waals surface area contributed by atoms with Crippen molar-refractivity contribution >= 4 is 11.9 Å². The van der Waals surface area contributed by atoms with Crippen LogP contribution in [0.1, 0.15) is 32.6 Å². The first-order valence-corrected chi connectivity index (χ1v) is 6.20. The van der Waals surface area contributed by atoms with Crippen molar-refractivity contribution in [1.82, 2.24) is 4.90 Å². The molecule has 1 saturated heterocycles. The summed E-state index contributed by atoms with van der Waals surface area (Å²) in [5, 5.41) is 8.65. The molecule has 2 atom stereocenters. The first-order chi connectivity index (χ1) is 7.93. The Balaban J connectivity index is 1.89. The standard InChI is InChI=1S/C12H20N2O3/c1-12(4-2-3-9(12)13)11(17)14-6-8(7-14)5-10(15)16/h8-9H,2-7,13H2,1H3,(H,15,16). The van der Waals surface area contributed by atoms with Crippen molar-refractivity contribution in [2.75, 3.05) is 13.1 Å². The number of hydrogen-bond donors (Lipinski definition) is 2. The third-order valence-electron chi connectivity index (χ3n) is 4.23. The maximum Gasteiger partial charge on any atom is 0.303 e. The van der Waals surface area contributed by atoms with Gasteiger partial charge in [0, 0.05) is 25.0 Å². The van der Waals surface area contributed by atoms with Crippen LogP contribution in [-0.4, -0.2) is 41.0 Å². The molecule has 1 amide bonds. The van der Waals surface area contributed by atoms with Gasteiger partial charge in [0.25, 0.3) is 0 Å². The number of nitrogens with zero attached hydrogens (tertiary/aromatic N) is 1. The minimum absolute atomic E-state index is 0.0477. The van der Waals surface area contributed by atoms with Crippen LogP contribution in [-0.2, 0) is 9.59 Å². The van der Waals surface area contributed by atoms with E-state index in [1.165, 1.54) is 0 Å². The second-order valence-corrected chi connectivity index (χ2v) is 5.59. The van der Waals surface area contributed by atoms with Crippen LogP contribution in [0, 0.1) is 11.3 Å². The van der Waals surface area contributed by atoms with Crippen LogP contribution >= 0.6 is 0 Å². The Labute approximate surface area is 101 Å². The molecule has 0 radical (unpaired) electrons. The highest BCUT2D eigenvalue weighted by molar-refractivity contribution is 5.84. The van der Waals surface area contributed by atoms with Crippen LogP contribution < -0.4 is 5.73 Å². The number of rotatable bonds is 3. The second-order valence-electron chi connectivity index (χ2n) is 5.59. The Morgan fingerprint density at radius 3 is 2.59 bits per heavy atom. The molecule has 0 spiro atoms. The lowest BCUT2D eigenvalue weighted by atomic mass is 9.81. The number of amides is 1. The molecule has 5 heteroatoms. The summed E-state index contributed by atoms with van der Waals surface area (Å²) in [5.41, 5.74) is 5.58. The number of likely N-dealkylation sites (tertiary alicyclic amines) is 1.